The summed E-state index contributed by atoms with van der Waals surface area (Å²) in [6, 6.07) is 5.43. The van der Waals surface area contributed by atoms with Crippen molar-refractivity contribution < 1.29 is 9.13 Å². The van der Waals surface area contributed by atoms with E-state index < -0.39 is 0 Å². The molecule has 4 nitrogen and oxygen atoms in total. The zero-order valence-corrected chi connectivity index (χ0v) is 14.5. The van der Waals surface area contributed by atoms with Crippen LogP contribution in [0.15, 0.2) is 24.4 Å². The molecule has 1 aliphatic rings. The Kier molecular flexibility index (Phi) is 3.94. The molecule has 0 radical (unpaired) electrons. The van der Waals surface area contributed by atoms with E-state index in [0.717, 1.165) is 53.0 Å². The Morgan fingerprint density at radius 1 is 1.12 bits per heavy atom. The molecule has 0 bridgehead atoms. The van der Waals surface area contributed by atoms with Crippen molar-refractivity contribution in [2.24, 2.45) is 0 Å². The monoisotopic (exact) mass is 343 g/mol. The standard InChI is InChI=1S/C18H18FN3OS/c1-11-8-16(21-15-9-14(19)12(2)7-13(11)15)17-10-20-18(24-17)22-3-5-23-6-4-22/h7-10H,3-6H2,1-2H3. The van der Waals surface area contributed by atoms with Gasteiger partial charge in [-0.3, -0.25) is 0 Å². The van der Waals surface area contributed by atoms with Gasteiger partial charge in [-0.05, 0) is 37.1 Å². The molecule has 1 aliphatic heterocycles. The van der Waals surface area contributed by atoms with Crippen molar-refractivity contribution in [3.05, 3.63) is 41.3 Å². The summed E-state index contributed by atoms with van der Waals surface area (Å²) in [5.74, 6) is -0.218. The zero-order valence-electron chi connectivity index (χ0n) is 13.7. The van der Waals surface area contributed by atoms with Crippen LogP contribution >= 0.6 is 11.3 Å². The number of anilines is 1. The second-order valence-electron chi connectivity index (χ2n) is 6.05. The van der Waals surface area contributed by atoms with E-state index in [1.54, 1.807) is 18.3 Å². The first kappa shape index (κ1) is 15.5. The molecule has 124 valence electrons. The third-order valence-electron chi connectivity index (χ3n) is 4.32. The smallest absolute Gasteiger partial charge is 0.186 e. The van der Waals surface area contributed by atoms with Gasteiger partial charge in [0.1, 0.15) is 5.82 Å². The Morgan fingerprint density at radius 3 is 2.71 bits per heavy atom. The number of ether oxygens (including phenoxy) is 1. The molecule has 1 saturated heterocycles. The van der Waals surface area contributed by atoms with Crippen molar-refractivity contribution in [2.45, 2.75) is 13.8 Å². The number of hydrogen-bond acceptors (Lipinski definition) is 5. The van der Waals surface area contributed by atoms with Crippen LogP contribution in [0.5, 0.6) is 0 Å². The highest BCUT2D eigenvalue weighted by Gasteiger charge is 2.16. The number of halogens is 1. The van der Waals surface area contributed by atoms with E-state index in [2.05, 4.69) is 20.9 Å². The molecule has 1 aromatic carbocycles. The van der Waals surface area contributed by atoms with E-state index in [9.17, 15) is 4.39 Å². The van der Waals surface area contributed by atoms with Crippen LogP contribution in [0.25, 0.3) is 21.5 Å². The van der Waals surface area contributed by atoms with Gasteiger partial charge in [0.2, 0.25) is 0 Å². The van der Waals surface area contributed by atoms with Crippen molar-refractivity contribution >= 4 is 27.4 Å². The quantitative estimate of drug-likeness (QED) is 0.706. The van der Waals surface area contributed by atoms with E-state index in [4.69, 9.17) is 4.74 Å². The third kappa shape index (κ3) is 2.76. The molecule has 2 aromatic heterocycles. The van der Waals surface area contributed by atoms with E-state index in [1.165, 1.54) is 6.07 Å². The number of nitrogens with zero attached hydrogens (tertiary/aromatic N) is 3. The lowest BCUT2D eigenvalue weighted by atomic mass is 10.1. The lowest BCUT2D eigenvalue weighted by molar-refractivity contribution is 0.122. The molecule has 6 heteroatoms. The Hall–Kier alpha value is -2.05. The van der Waals surface area contributed by atoms with Gasteiger partial charge >= 0.3 is 0 Å². The maximum absolute atomic E-state index is 13.9. The summed E-state index contributed by atoms with van der Waals surface area (Å²) < 4.78 is 19.3. The van der Waals surface area contributed by atoms with E-state index in [-0.39, 0.29) is 5.82 Å². The van der Waals surface area contributed by atoms with Crippen LogP contribution in [0, 0.1) is 19.7 Å². The number of aromatic nitrogens is 2. The first-order valence-corrected chi connectivity index (χ1v) is 8.80. The molecular weight excluding hydrogens is 325 g/mol. The Labute approximate surface area is 143 Å². The molecular formula is C18H18FN3OS. The maximum atomic E-state index is 13.9. The van der Waals surface area contributed by atoms with Gasteiger partial charge in [-0.2, -0.15) is 0 Å². The minimum atomic E-state index is -0.218. The predicted molar refractivity (Wildman–Crippen MR) is 95.3 cm³/mol. The summed E-state index contributed by atoms with van der Waals surface area (Å²) in [6.07, 6.45) is 1.85. The number of pyridine rings is 1. The van der Waals surface area contributed by atoms with Gasteiger partial charge in [0.05, 0.1) is 29.3 Å². The van der Waals surface area contributed by atoms with Crippen LogP contribution in [0.4, 0.5) is 9.52 Å². The molecule has 0 saturated carbocycles. The summed E-state index contributed by atoms with van der Waals surface area (Å²) in [5, 5.41) is 1.98. The molecule has 1 fully saturated rings. The van der Waals surface area contributed by atoms with Gasteiger partial charge in [-0.1, -0.05) is 11.3 Å². The SMILES string of the molecule is Cc1cc2c(C)cc(-c3cnc(N4CCOCC4)s3)nc2cc1F. The number of hydrogen-bond donors (Lipinski definition) is 0. The molecule has 0 unspecified atom stereocenters. The van der Waals surface area contributed by atoms with E-state index >= 15 is 0 Å². The molecule has 0 aliphatic carbocycles. The second-order valence-corrected chi connectivity index (χ2v) is 7.06. The lowest BCUT2D eigenvalue weighted by Crippen LogP contribution is -2.36. The van der Waals surface area contributed by atoms with Gasteiger partial charge in [0, 0.05) is 30.7 Å². The number of fused-ring (bicyclic) bond motifs is 1. The first-order chi connectivity index (χ1) is 11.6. The molecule has 4 rings (SSSR count). The zero-order chi connectivity index (χ0) is 16.7. The van der Waals surface area contributed by atoms with Gasteiger partial charge in [-0.25, -0.2) is 14.4 Å². The van der Waals surface area contributed by atoms with Gasteiger partial charge in [0.25, 0.3) is 0 Å². The van der Waals surface area contributed by atoms with Crippen LogP contribution in [-0.4, -0.2) is 36.3 Å². The third-order valence-corrected chi connectivity index (χ3v) is 5.40. The van der Waals surface area contributed by atoms with Crippen molar-refractivity contribution in [1.29, 1.82) is 0 Å². The van der Waals surface area contributed by atoms with Crippen LogP contribution < -0.4 is 4.90 Å². The number of thiazole rings is 1. The number of morpholine rings is 1. The van der Waals surface area contributed by atoms with Crippen LogP contribution in [0.1, 0.15) is 11.1 Å². The molecule has 0 N–H and O–H groups in total. The number of benzene rings is 1. The Balaban J connectivity index is 1.74. The van der Waals surface area contributed by atoms with E-state index in [0.29, 0.717) is 11.1 Å². The normalized spacial score (nSPS) is 15.2. The summed E-state index contributed by atoms with van der Waals surface area (Å²) in [7, 11) is 0. The molecule has 0 spiro atoms. The Bertz CT molecular complexity index is 903. The van der Waals surface area contributed by atoms with Crippen molar-refractivity contribution in [3.63, 3.8) is 0 Å². The minimum absolute atomic E-state index is 0.218. The molecule has 3 heterocycles. The second kappa shape index (κ2) is 6.11. The Morgan fingerprint density at radius 2 is 1.92 bits per heavy atom. The van der Waals surface area contributed by atoms with Crippen LogP contribution in [0.3, 0.4) is 0 Å². The summed E-state index contributed by atoms with van der Waals surface area (Å²) >= 11 is 1.62. The largest absolute Gasteiger partial charge is 0.378 e. The molecule has 24 heavy (non-hydrogen) atoms. The fourth-order valence-electron chi connectivity index (χ4n) is 2.93. The first-order valence-electron chi connectivity index (χ1n) is 7.98. The van der Waals surface area contributed by atoms with E-state index in [1.807, 2.05) is 19.2 Å². The topological polar surface area (TPSA) is 38.2 Å². The van der Waals surface area contributed by atoms with Gasteiger partial charge < -0.3 is 9.64 Å². The maximum Gasteiger partial charge on any atom is 0.186 e. The van der Waals surface area contributed by atoms with Crippen molar-refractivity contribution in [1.82, 2.24) is 9.97 Å². The number of aryl methyl sites for hydroxylation is 2. The average Bonchev–Trinajstić information content (AvgIpc) is 3.07. The molecule has 3 aromatic rings. The average molecular weight is 343 g/mol. The summed E-state index contributed by atoms with van der Waals surface area (Å²) in [6.45, 7) is 7.01. The predicted octanol–water partition coefficient (Wildman–Crippen LogP) is 3.95. The molecule has 0 amide bonds. The lowest BCUT2D eigenvalue weighted by Gasteiger charge is -2.25. The highest BCUT2D eigenvalue weighted by molar-refractivity contribution is 7.18. The van der Waals surface area contributed by atoms with Gasteiger partial charge in [-0.15, -0.1) is 0 Å². The summed E-state index contributed by atoms with van der Waals surface area (Å²) in [5.41, 5.74) is 3.28. The van der Waals surface area contributed by atoms with Gasteiger partial charge in [0.15, 0.2) is 5.13 Å². The highest BCUT2D eigenvalue weighted by atomic mass is 32.1. The van der Waals surface area contributed by atoms with Crippen molar-refractivity contribution in [2.75, 3.05) is 31.2 Å². The fraction of sp³-hybridized carbons (Fsp3) is 0.333. The summed E-state index contributed by atoms with van der Waals surface area (Å²) in [4.78, 5) is 12.4. The minimum Gasteiger partial charge on any atom is -0.378 e. The highest BCUT2D eigenvalue weighted by Crippen LogP contribution is 2.33. The molecule has 0 atom stereocenters. The van der Waals surface area contributed by atoms with Crippen LogP contribution in [-0.2, 0) is 4.74 Å². The fourth-order valence-corrected chi connectivity index (χ4v) is 3.86. The van der Waals surface area contributed by atoms with Crippen LogP contribution in [0.2, 0.25) is 0 Å². The van der Waals surface area contributed by atoms with Crippen molar-refractivity contribution in [3.8, 4) is 10.6 Å². The number of rotatable bonds is 2.